The second kappa shape index (κ2) is 9.67. The van der Waals surface area contributed by atoms with Gasteiger partial charge < -0.3 is 15.5 Å². The number of pyridine rings is 1. The minimum Gasteiger partial charge on any atom is -0.384 e. The van der Waals surface area contributed by atoms with Crippen LogP contribution in [0.5, 0.6) is 0 Å². The fourth-order valence-corrected chi connectivity index (χ4v) is 2.36. The van der Waals surface area contributed by atoms with E-state index in [0.717, 1.165) is 31.6 Å². The van der Waals surface area contributed by atoms with Gasteiger partial charge in [-0.05, 0) is 45.1 Å². The van der Waals surface area contributed by atoms with Crippen LogP contribution in [-0.2, 0) is 6.42 Å². The summed E-state index contributed by atoms with van der Waals surface area (Å²) in [6.07, 6.45) is 5.21. The Morgan fingerprint density at radius 2 is 1.92 bits per heavy atom. The zero-order chi connectivity index (χ0) is 17.2. The molecule has 0 saturated carbocycles. The second-order valence-corrected chi connectivity index (χ2v) is 6.04. The van der Waals surface area contributed by atoms with Gasteiger partial charge in [-0.2, -0.15) is 0 Å². The molecule has 0 saturated heterocycles. The zero-order valence-electron chi connectivity index (χ0n) is 14.5. The molecule has 5 heteroatoms. The van der Waals surface area contributed by atoms with Crippen LogP contribution in [0.15, 0.2) is 48.8 Å². The van der Waals surface area contributed by atoms with Crippen LogP contribution in [0.2, 0.25) is 0 Å². The van der Waals surface area contributed by atoms with Gasteiger partial charge in [0.15, 0.2) is 0 Å². The largest absolute Gasteiger partial charge is 0.384 e. The number of nitrogens with one attached hydrogen (secondary N) is 2. The molecule has 0 fully saturated rings. The number of benzene rings is 1. The van der Waals surface area contributed by atoms with Crippen molar-refractivity contribution in [1.82, 2.24) is 15.2 Å². The summed E-state index contributed by atoms with van der Waals surface area (Å²) in [5, 5.41) is 6.25. The molecule has 1 aromatic carbocycles. The number of amides is 1. The summed E-state index contributed by atoms with van der Waals surface area (Å²) in [5.41, 5.74) is 2.68. The maximum absolute atomic E-state index is 12.2. The smallest absolute Gasteiger partial charge is 0.252 e. The highest BCUT2D eigenvalue weighted by Gasteiger charge is 2.06. The van der Waals surface area contributed by atoms with Gasteiger partial charge in [-0.1, -0.05) is 30.3 Å². The molecule has 0 aliphatic rings. The van der Waals surface area contributed by atoms with Crippen molar-refractivity contribution in [3.8, 4) is 0 Å². The predicted molar refractivity (Wildman–Crippen MR) is 98.4 cm³/mol. The highest BCUT2D eigenvalue weighted by molar-refractivity contribution is 5.94. The molecule has 1 heterocycles. The van der Waals surface area contributed by atoms with Crippen molar-refractivity contribution < 1.29 is 4.79 Å². The summed E-state index contributed by atoms with van der Waals surface area (Å²) in [5.74, 6) is -0.0876. The average Bonchev–Trinajstić information content (AvgIpc) is 2.60. The highest BCUT2D eigenvalue weighted by atomic mass is 16.1. The van der Waals surface area contributed by atoms with Crippen molar-refractivity contribution in [3.63, 3.8) is 0 Å². The SMILES string of the molecule is CN(C)CCCNc1cncc(C(=O)NCCc2ccccc2)c1. The molecule has 0 radical (unpaired) electrons. The van der Waals surface area contributed by atoms with Gasteiger partial charge in [0.25, 0.3) is 5.91 Å². The molecular formula is C19H26N4O. The third-order valence-electron chi connectivity index (χ3n) is 3.65. The maximum Gasteiger partial charge on any atom is 0.252 e. The third kappa shape index (κ3) is 6.38. The molecule has 128 valence electrons. The maximum atomic E-state index is 12.2. The van der Waals surface area contributed by atoms with Crippen molar-refractivity contribution in [2.24, 2.45) is 0 Å². The van der Waals surface area contributed by atoms with E-state index in [2.05, 4.69) is 46.7 Å². The van der Waals surface area contributed by atoms with Crippen LogP contribution in [0.3, 0.4) is 0 Å². The van der Waals surface area contributed by atoms with E-state index in [1.165, 1.54) is 5.56 Å². The molecule has 0 unspecified atom stereocenters. The molecule has 2 rings (SSSR count). The molecule has 1 aromatic heterocycles. The Bertz CT molecular complexity index is 628. The molecule has 0 atom stereocenters. The average molecular weight is 326 g/mol. The van der Waals surface area contributed by atoms with E-state index in [1.54, 1.807) is 12.4 Å². The molecule has 0 aliphatic heterocycles. The molecule has 2 N–H and O–H groups in total. The standard InChI is InChI=1S/C19H26N4O/c1-23(2)12-6-10-21-18-13-17(14-20-15-18)19(24)22-11-9-16-7-4-3-5-8-16/h3-5,7-8,13-15,21H,6,9-12H2,1-2H3,(H,22,24). The summed E-state index contributed by atoms with van der Waals surface area (Å²) < 4.78 is 0. The first-order valence-electron chi connectivity index (χ1n) is 8.31. The highest BCUT2D eigenvalue weighted by Crippen LogP contribution is 2.08. The molecule has 0 bridgehead atoms. The van der Waals surface area contributed by atoms with Gasteiger partial charge in [0.2, 0.25) is 0 Å². The topological polar surface area (TPSA) is 57.3 Å². The summed E-state index contributed by atoms with van der Waals surface area (Å²) in [4.78, 5) is 18.5. The number of hydrogen-bond donors (Lipinski definition) is 2. The van der Waals surface area contributed by atoms with E-state index in [1.807, 2.05) is 24.3 Å². The quantitative estimate of drug-likeness (QED) is 0.695. The summed E-state index contributed by atoms with van der Waals surface area (Å²) >= 11 is 0. The Labute approximate surface area is 144 Å². The Kier molecular flexibility index (Phi) is 7.23. The Morgan fingerprint density at radius 1 is 1.12 bits per heavy atom. The lowest BCUT2D eigenvalue weighted by molar-refractivity contribution is 0.0954. The first-order chi connectivity index (χ1) is 11.6. The monoisotopic (exact) mass is 326 g/mol. The van der Waals surface area contributed by atoms with Gasteiger partial charge in [0.05, 0.1) is 11.3 Å². The Balaban J connectivity index is 1.78. The van der Waals surface area contributed by atoms with Crippen LogP contribution < -0.4 is 10.6 Å². The van der Waals surface area contributed by atoms with Gasteiger partial charge >= 0.3 is 0 Å². The predicted octanol–water partition coefficient (Wildman–Crippen LogP) is 2.42. The fraction of sp³-hybridized carbons (Fsp3) is 0.368. The molecule has 2 aromatic rings. The van der Waals surface area contributed by atoms with Gasteiger partial charge in [0, 0.05) is 25.5 Å². The van der Waals surface area contributed by atoms with E-state index in [4.69, 9.17) is 0 Å². The molecule has 5 nitrogen and oxygen atoms in total. The summed E-state index contributed by atoms with van der Waals surface area (Å²) in [6.45, 7) is 2.50. The molecule has 0 aliphatic carbocycles. The van der Waals surface area contributed by atoms with E-state index in [-0.39, 0.29) is 5.91 Å². The van der Waals surface area contributed by atoms with Gasteiger partial charge in [-0.3, -0.25) is 9.78 Å². The van der Waals surface area contributed by atoms with Crippen LogP contribution in [0.25, 0.3) is 0 Å². The van der Waals surface area contributed by atoms with Crippen molar-refractivity contribution in [3.05, 3.63) is 59.9 Å². The van der Waals surface area contributed by atoms with Crippen LogP contribution in [0.4, 0.5) is 5.69 Å². The van der Waals surface area contributed by atoms with E-state index < -0.39 is 0 Å². The number of carbonyl (C=O) groups is 1. The van der Waals surface area contributed by atoms with Gasteiger partial charge in [-0.15, -0.1) is 0 Å². The first-order valence-corrected chi connectivity index (χ1v) is 8.31. The molecular weight excluding hydrogens is 300 g/mol. The number of hydrogen-bond acceptors (Lipinski definition) is 4. The number of anilines is 1. The minimum atomic E-state index is -0.0876. The van der Waals surface area contributed by atoms with Crippen LogP contribution in [0.1, 0.15) is 22.3 Å². The number of rotatable bonds is 9. The summed E-state index contributed by atoms with van der Waals surface area (Å²) in [7, 11) is 4.11. The van der Waals surface area contributed by atoms with Crippen molar-refractivity contribution in [2.75, 3.05) is 39.0 Å². The zero-order valence-corrected chi connectivity index (χ0v) is 14.5. The molecule has 24 heavy (non-hydrogen) atoms. The normalized spacial score (nSPS) is 10.6. The van der Waals surface area contributed by atoms with E-state index in [9.17, 15) is 4.79 Å². The number of aromatic nitrogens is 1. The van der Waals surface area contributed by atoms with Gasteiger partial charge in [-0.25, -0.2) is 0 Å². The number of carbonyl (C=O) groups excluding carboxylic acids is 1. The molecule has 1 amide bonds. The minimum absolute atomic E-state index is 0.0876. The van der Waals surface area contributed by atoms with E-state index >= 15 is 0 Å². The van der Waals surface area contributed by atoms with Crippen LogP contribution >= 0.6 is 0 Å². The number of nitrogens with zero attached hydrogens (tertiary/aromatic N) is 2. The van der Waals surface area contributed by atoms with Crippen molar-refractivity contribution >= 4 is 11.6 Å². The Hall–Kier alpha value is -2.40. The van der Waals surface area contributed by atoms with Crippen LogP contribution in [0, 0.1) is 0 Å². The van der Waals surface area contributed by atoms with Gasteiger partial charge in [0.1, 0.15) is 0 Å². The van der Waals surface area contributed by atoms with E-state index in [0.29, 0.717) is 12.1 Å². The van der Waals surface area contributed by atoms with Crippen molar-refractivity contribution in [2.45, 2.75) is 12.8 Å². The van der Waals surface area contributed by atoms with Crippen LogP contribution in [-0.4, -0.2) is 49.5 Å². The summed E-state index contributed by atoms with van der Waals surface area (Å²) in [6, 6.07) is 12.0. The third-order valence-corrected chi connectivity index (χ3v) is 3.65. The first kappa shape index (κ1) is 17.9. The second-order valence-electron chi connectivity index (χ2n) is 6.04. The van der Waals surface area contributed by atoms with Crippen molar-refractivity contribution in [1.29, 1.82) is 0 Å². The lowest BCUT2D eigenvalue weighted by Crippen LogP contribution is -2.26. The Morgan fingerprint density at radius 3 is 2.67 bits per heavy atom. The lowest BCUT2D eigenvalue weighted by Gasteiger charge is -2.11. The lowest BCUT2D eigenvalue weighted by atomic mass is 10.1. The fourth-order valence-electron chi connectivity index (χ4n) is 2.36. The molecule has 0 spiro atoms.